The van der Waals surface area contributed by atoms with Gasteiger partial charge in [-0.05, 0) is 139 Å². The number of amides is 2. The van der Waals surface area contributed by atoms with Gasteiger partial charge in [0, 0.05) is 96.4 Å². The van der Waals surface area contributed by atoms with E-state index < -0.39 is 39.8 Å². The number of piperidine rings is 2. The van der Waals surface area contributed by atoms with Gasteiger partial charge in [-0.15, -0.1) is 0 Å². The number of benzene rings is 2. The van der Waals surface area contributed by atoms with Gasteiger partial charge < -0.3 is 44.8 Å². The van der Waals surface area contributed by atoms with Gasteiger partial charge in [0.1, 0.15) is 29.9 Å². The lowest BCUT2D eigenvalue weighted by Crippen LogP contribution is -2.43. The van der Waals surface area contributed by atoms with Crippen LogP contribution in [0.2, 0.25) is 5.02 Å². The molecule has 2 unspecified atom stereocenters. The maximum atomic E-state index is 16.6. The van der Waals surface area contributed by atoms with Crippen LogP contribution in [-0.4, -0.2) is 152 Å². The summed E-state index contributed by atoms with van der Waals surface area (Å²) in [4.78, 5) is 57.0. The van der Waals surface area contributed by atoms with E-state index in [1.165, 1.54) is 24.9 Å². The largest absolute Gasteiger partial charge is 0.461 e. The van der Waals surface area contributed by atoms with Crippen LogP contribution < -0.4 is 25.6 Å². The molecule has 0 saturated carbocycles. The first-order chi connectivity index (χ1) is 38.1. The third-order valence-corrected chi connectivity index (χ3v) is 17.3. The van der Waals surface area contributed by atoms with Crippen molar-refractivity contribution in [2.45, 2.75) is 114 Å². The number of fused-ring (bicyclic) bond motifs is 4. The van der Waals surface area contributed by atoms with Gasteiger partial charge in [-0.1, -0.05) is 11.6 Å². The summed E-state index contributed by atoms with van der Waals surface area (Å²) in [6, 6.07) is 8.40. The van der Waals surface area contributed by atoms with E-state index in [-0.39, 0.29) is 34.7 Å². The molecular weight excluding hydrogens is 1050 g/mol. The smallest absolute Gasteiger partial charge is 0.418 e. The minimum absolute atomic E-state index is 0.0000862. The number of methoxy groups -OCH3 is 1. The first-order valence-corrected chi connectivity index (χ1v) is 28.2. The third-order valence-electron chi connectivity index (χ3n) is 17.0. The van der Waals surface area contributed by atoms with Gasteiger partial charge >= 0.3 is 12.2 Å². The van der Waals surface area contributed by atoms with Crippen molar-refractivity contribution in [1.82, 2.24) is 39.8 Å². The van der Waals surface area contributed by atoms with Gasteiger partial charge in [0.15, 0.2) is 5.82 Å². The average Bonchev–Trinajstić information content (AvgIpc) is 4.25. The van der Waals surface area contributed by atoms with Crippen LogP contribution in [0.5, 0.6) is 6.01 Å². The fourth-order valence-corrected chi connectivity index (χ4v) is 13.3. The summed E-state index contributed by atoms with van der Waals surface area (Å²) >= 11 is 6.03. The number of rotatable bonds is 13. The lowest BCUT2D eigenvalue weighted by Gasteiger charge is -2.37. The Labute approximate surface area is 463 Å². The van der Waals surface area contributed by atoms with Crippen LogP contribution in [0, 0.1) is 17.7 Å². The number of aldehydes is 1. The van der Waals surface area contributed by atoms with Gasteiger partial charge in [-0.3, -0.25) is 19.2 Å². The molecule has 0 bridgehead atoms. The second kappa shape index (κ2) is 25.3. The zero-order chi connectivity index (χ0) is 56.0. The number of anilines is 3. The van der Waals surface area contributed by atoms with Crippen molar-refractivity contribution < 1.29 is 46.2 Å². The van der Waals surface area contributed by atoms with E-state index in [1.807, 2.05) is 16.6 Å². The zero-order valence-corrected chi connectivity index (χ0v) is 46.5. The Morgan fingerprint density at radius 2 is 1.67 bits per heavy atom. The second-order valence-electron chi connectivity index (χ2n) is 22.0. The SMILES string of the molecule is CNC(=O)C(CCC=O)c1nn(C)c2cc(N3CCC(CC4CCN(C=O)CC4)CC3)ccc12.COC.Nc1cc(Cl)c(C(F)(F)F)c(-c2nc3c4c(nc(OCC56CCCN5CCC6)nc4c2F)N2CCCOCC2CC3)c1. The van der Waals surface area contributed by atoms with Gasteiger partial charge in [0.2, 0.25) is 12.3 Å². The Morgan fingerprint density at radius 1 is 0.962 bits per heavy atom. The van der Waals surface area contributed by atoms with E-state index in [9.17, 15) is 27.6 Å². The molecule has 3 aromatic heterocycles. The molecule has 3 N–H and O–H groups in total. The molecule has 428 valence electrons. The Bertz CT molecular complexity index is 2960. The molecule has 22 heteroatoms. The van der Waals surface area contributed by atoms with Crippen LogP contribution in [0.3, 0.4) is 0 Å². The molecule has 11 rings (SSSR count). The van der Waals surface area contributed by atoms with Crippen LogP contribution in [0.1, 0.15) is 106 Å². The Kier molecular flexibility index (Phi) is 18.5. The van der Waals surface area contributed by atoms with Crippen molar-refractivity contribution in [3.05, 3.63) is 58.1 Å². The molecule has 2 aromatic carbocycles. The van der Waals surface area contributed by atoms with Crippen LogP contribution in [0.25, 0.3) is 33.1 Å². The highest BCUT2D eigenvalue weighted by Gasteiger charge is 2.45. The highest BCUT2D eigenvalue weighted by atomic mass is 35.5. The molecule has 0 radical (unpaired) electrons. The Balaban J connectivity index is 0.000000187. The van der Waals surface area contributed by atoms with E-state index >= 15 is 4.39 Å². The molecule has 9 heterocycles. The molecular formula is C57H74ClF4N11O6. The molecule has 0 spiro atoms. The van der Waals surface area contributed by atoms with Crippen LogP contribution in [0.15, 0.2) is 30.3 Å². The summed E-state index contributed by atoms with van der Waals surface area (Å²) in [6.45, 7) is 7.98. The molecule has 6 aliphatic heterocycles. The number of nitrogens with zero attached hydrogens (tertiary/aromatic N) is 9. The number of hydrogen-bond donors (Lipinski definition) is 2. The number of aromatic nitrogens is 5. The average molecular weight is 1120 g/mol. The predicted molar refractivity (Wildman–Crippen MR) is 296 cm³/mol. The van der Waals surface area contributed by atoms with Crippen LogP contribution in [0.4, 0.5) is 34.8 Å². The molecule has 5 aromatic rings. The van der Waals surface area contributed by atoms with Gasteiger partial charge in [-0.25, -0.2) is 9.37 Å². The van der Waals surface area contributed by atoms with E-state index in [4.69, 9.17) is 31.8 Å². The first-order valence-electron chi connectivity index (χ1n) is 27.8. The highest BCUT2D eigenvalue weighted by molar-refractivity contribution is 6.32. The molecule has 5 saturated heterocycles. The number of hydrogen-bond acceptors (Lipinski definition) is 14. The fourth-order valence-electron chi connectivity index (χ4n) is 13.0. The fraction of sp³-hybridized carbons (Fsp3) is 0.596. The number of carbonyl (C=O) groups excluding carboxylic acids is 3. The number of alkyl halides is 3. The maximum Gasteiger partial charge on any atom is 0.418 e. The number of nitrogens with one attached hydrogen (secondary N) is 1. The molecule has 79 heavy (non-hydrogen) atoms. The van der Waals surface area contributed by atoms with Gasteiger partial charge in [0.25, 0.3) is 0 Å². The normalized spacial score (nSPS) is 20.1. The standard InChI is InChI=1S/C29H31ClF4N6O2.C26H37N5O3.C2H6O/c30-19-13-16(35)12-18(22(19)29(32,33)34)24-23(31)25-21-20(36-24)5-4-17-14-41-11-3-10-40(17)26(21)38-27(37-25)42-15-28-6-1-8-39(28)9-2-7-28;1-27-26(34)23(4-3-15-32)25-22-6-5-21(17-24(22)29(2)28-25)31-13-9-20(10-14-31)16-19-7-11-30(18-33)12-8-19;1-3-2/h12-13,17H,1-11,14-15,35H2;5-6,15,17-20,23H,3-4,7-14,16H2,1-2H3,(H,27,34);1-2H3. The number of likely N-dealkylation sites (tertiary alicyclic amines) is 1. The second-order valence-corrected chi connectivity index (χ2v) is 22.4. The first kappa shape index (κ1) is 57.8. The summed E-state index contributed by atoms with van der Waals surface area (Å²) in [7, 11) is 6.79. The van der Waals surface area contributed by atoms with E-state index in [0.717, 1.165) is 137 Å². The summed E-state index contributed by atoms with van der Waals surface area (Å²) in [5.41, 5.74) is 6.77. The number of pyridine rings is 1. The molecule has 6 aliphatic rings. The maximum absolute atomic E-state index is 16.6. The summed E-state index contributed by atoms with van der Waals surface area (Å²) in [5, 5.41) is 8.14. The van der Waals surface area contributed by atoms with E-state index in [0.29, 0.717) is 68.9 Å². The molecule has 5 fully saturated rings. The number of carbonyl (C=O) groups is 3. The number of nitrogens with two attached hydrogens (primary N) is 1. The third kappa shape index (κ3) is 12.5. The van der Waals surface area contributed by atoms with E-state index in [1.54, 1.807) is 21.3 Å². The summed E-state index contributed by atoms with van der Waals surface area (Å²) in [5.74, 6) is 0.459. The minimum Gasteiger partial charge on any atom is -0.461 e. The van der Waals surface area contributed by atoms with E-state index in [2.05, 4.69) is 58.0 Å². The number of halogens is 5. The topological polar surface area (TPSA) is 186 Å². The number of likely N-dealkylation sites (N-methyl/N-ethyl adjacent to an activating group) is 1. The number of ether oxygens (including phenoxy) is 3. The minimum atomic E-state index is -4.87. The van der Waals surface area contributed by atoms with Gasteiger partial charge in [0.05, 0.1) is 57.0 Å². The van der Waals surface area contributed by atoms with Crippen LogP contribution >= 0.6 is 11.6 Å². The quantitative estimate of drug-likeness (QED) is 0.0648. The summed E-state index contributed by atoms with van der Waals surface area (Å²) < 4.78 is 77.4. The molecule has 2 atom stereocenters. The monoisotopic (exact) mass is 1120 g/mol. The number of nitrogen functional groups attached to an aromatic ring is 1. The molecule has 2 amide bonds. The summed E-state index contributed by atoms with van der Waals surface area (Å²) in [6.07, 6.45) is 9.63. The van der Waals surface area contributed by atoms with Crippen molar-refractivity contribution in [1.29, 1.82) is 0 Å². The van der Waals surface area contributed by atoms with Crippen molar-refractivity contribution in [2.24, 2.45) is 18.9 Å². The van der Waals surface area contributed by atoms with Crippen molar-refractivity contribution in [3.63, 3.8) is 0 Å². The molecule has 17 nitrogen and oxygen atoms in total. The Hall–Kier alpha value is -5.90. The lowest BCUT2D eigenvalue weighted by molar-refractivity contribution is -0.137. The number of aryl methyl sites for hydroxylation is 2. The van der Waals surface area contributed by atoms with Gasteiger partial charge in [-0.2, -0.15) is 28.2 Å². The van der Waals surface area contributed by atoms with Crippen molar-refractivity contribution in [3.8, 4) is 17.3 Å². The highest BCUT2D eigenvalue weighted by Crippen LogP contribution is 2.46. The lowest BCUT2D eigenvalue weighted by atomic mass is 9.83. The Morgan fingerprint density at radius 3 is 2.34 bits per heavy atom. The van der Waals surface area contributed by atoms with Crippen molar-refractivity contribution in [2.75, 3.05) is 102 Å². The van der Waals surface area contributed by atoms with Crippen molar-refractivity contribution >= 4 is 69.2 Å². The van der Waals surface area contributed by atoms with Crippen LogP contribution in [-0.2, 0) is 43.5 Å². The zero-order valence-electron chi connectivity index (χ0n) is 45.8. The molecule has 0 aliphatic carbocycles. The predicted octanol–water partition coefficient (Wildman–Crippen LogP) is 8.75.